The molecule has 1 heterocycles. The molecule has 0 saturated carbocycles. The molecule has 0 aromatic heterocycles. The van der Waals surface area contributed by atoms with Crippen LogP contribution in [0.15, 0.2) is 60.7 Å². The van der Waals surface area contributed by atoms with E-state index in [1.165, 1.54) is 0 Å². The highest BCUT2D eigenvalue weighted by molar-refractivity contribution is 7.89. The van der Waals surface area contributed by atoms with Gasteiger partial charge in [0.05, 0.1) is 17.8 Å². The molecule has 3 nitrogen and oxygen atoms in total. The zero-order chi connectivity index (χ0) is 17.4. The lowest BCUT2D eigenvalue weighted by molar-refractivity contribution is 0.548. The number of benzene rings is 2. The summed E-state index contributed by atoms with van der Waals surface area (Å²) in [6.45, 7) is 6.65. The van der Waals surface area contributed by atoms with Crippen LogP contribution in [0.3, 0.4) is 0 Å². The molecule has 0 N–H and O–H groups in total. The molecule has 0 radical (unpaired) electrons. The molecule has 1 fully saturated rings. The number of sulfonamides is 1. The molecule has 1 saturated heterocycles. The van der Waals surface area contributed by atoms with E-state index in [-0.39, 0.29) is 17.8 Å². The van der Waals surface area contributed by atoms with Crippen molar-refractivity contribution in [2.75, 3.05) is 5.75 Å². The summed E-state index contributed by atoms with van der Waals surface area (Å²) in [7, 11) is -4.64. The second-order valence-electron chi connectivity index (χ2n) is 7.67. The lowest BCUT2D eigenvalue weighted by Crippen LogP contribution is -2.27. The zero-order valence-electron chi connectivity index (χ0n) is 14.5. The van der Waals surface area contributed by atoms with E-state index in [0.717, 1.165) is 17.2 Å². The third-order valence-corrected chi connectivity index (χ3v) is 8.40. The van der Waals surface area contributed by atoms with Crippen LogP contribution >= 0.6 is 0 Å². The zero-order valence-corrected chi connectivity index (χ0v) is 16.3. The first-order valence-electron chi connectivity index (χ1n) is 8.41. The van der Waals surface area contributed by atoms with Gasteiger partial charge in [-0.1, -0.05) is 80.3 Å². The first-order chi connectivity index (χ1) is 11.3. The first-order valence-corrected chi connectivity index (χ1v) is 13.7. The van der Waals surface area contributed by atoms with Crippen molar-refractivity contribution in [3.05, 3.63) is 71.8 Å². The topological polar surface area (TPSA) is 37.1 Å². The summed E-state index contributed by atoms with van der Waals surface area (Å²) in [5.41, 5.74) is 2.14. The summed E-state index contributed by atoms with van der Waals surface area (Å²) in [5, 5.41) is 0. The number of rotatable bonds is 6. The van der Waals surface area contributed by atoms with Crippen molar-refractivity contribution in [1.29, 1.82) is 0 Å². The van der Waals surface area contributed by atoms with Crippen LogP contribution in [-0.2, 0) is 10.0 Å². The molecule has 0 bridgehead atoms. The Morgan fingerprint density at radius 1 is 0.833 bits per heavy atom. The molecule has 128 valence electrons. The van der Waals surface area contributed by atoms with E-state index in [4.69, 9.17) is 0 Å². The van der Waals surface area contributed by atoms with E-state index in [1.54, 1.807) is 4.31 Å². The van der Waals surface area contributed by atoms with Gasteiger partial charge in [0.2, 0.25) is 10.0 Å². The van der Waals surface area contributed by atoms with Crippen molar-refractivity contribution in [3.63, 3.8) is 0 Å². The summed E-state index contributed by atoms with van der Waals surface area (Å²) in [6, 6.07) is 20.6. The minimum absolute atomic E-state index is 0.0692. The third-order valence-electron chi connectivity index (χ3n) is 4.47. The largest absolute Gasteiger partial charge is 0.215 e. The highest BCUT2D eigenvalue weighted by Crippen LogP contribution is 2.56. The van der Waals surface area contributed by atoms with E-state index < -0.39 is 18.1 Å². The highest BCUT2D eigenvalue weighted by Gasteiger charge is 2.56. The maximum atomic E-state index is 13.0. The molecular formula is C19H25NO2SSi. The predicted octanol–water partition coefficient (Wildman–Crippen LogP) is 4.45. The van der Waals surface area contributed by atoms with Crippen LogP contribution in [0.25, 0.3) is 0 Å². The molecule has 2 aromatic rings. The maximum absolute atomic E-state index is 13.0. The van der Waals surface area contributed by atoms with Crippen molar-refractivity contribution in [1.82, 2.24) is 4.31 Å². The molecule has 2 unspecified atom stereocenters. The third kappa shape index (κ3) is 3.79. The fourth-order valence-corrected chi connectivity index (χ4v) is 7.86. The monoisotopic (exact) mass is 359 g/mol. The predicted molar refractivity (Wildman–Crippen MR) is 102 cm³/mol. The Morgan fingerprint density at radius 3 is 1.62 bits per heavy atom. The van der Waals surface area contributed by atoms with Crippen LogP contribution in [0.4, 0.5) is 0 Å². The van der Waals surface area contributed by atoms with Gasteiger partial charge in [-0.15, -0.1) is 0 Å². The Kier molecular flexibility index (Phi) is 4.68. The van der Waals surface area contributed by atoms with Gasteiger partial charge in [-0.25, -0.2) is 8.42 Å². The van der Waals surface area contributed by atoms with Gasteiger partial charge in [0.25, 0.3) is 0 Å². The van der Waals surface area contributed by atoms with Gasteiger partial charge in [0.1, 0.15) is 0 Å². The van der Waals surface area contributed by atoms with Crippen molar-refractivity contribution in [2.24, 2.45) is 0 Å². The Balaban J connectivity index is 1.89. The quantitative estimate of drug-likeness (QED) is 0.564. The van der Waals surface area contributed by atoms with Gasteiger partial charge < -0.3 is 0 Å². The van der Waals surface area contributed by atoms with Crippen LogP contribution < -0.4 is 0 Å². The Bertz CT molecular complexity index is 740. The van der Waals surface area contributed by atoms with Gasteiger partial charge in [-0.05, 0) is 17.2 Å². The standard InChI is InChI=1S/C19H25NO2SSi/c1-24(2,3)15-14-23(21,22)20-18(16-10-6-4-7-11-16)19(20)17-12-8-5-9-13-17/h4-13,18-19H,14-15H2,1-3H3. The summed E-state index contributed by atoms with van der Waals surface area (Å²) in [5.74, 6) is 0.259. The van der Waals surface area contributed by atoms with Crippen LogP contribution in [0.5, 0.6) is 0 Å². The fraction of sp³-hybridized carbons (Fsp3) is 0.368. The average Bonchev–Trinajstić information content (AvgIpc) is 3.31. The number of nitrogens with zero attached hydrogens (tertiary/aromatic N) is 1. The molecule has 1 aliphatic rings. The van der Waals surface area contributed by atoms with Crippen LogP contribution in [0, 0.1) is 0 Å². The van der Waals surface area contributed by atoms with Gasteiger partial charge in [0.15, 0.2) is 0 Å². The van der Waals surface area contributed by atoms with Gasteiger partial charge in [0, 0.05) is 8.07 Å². The number of hydrogen-bond donors (Lipinski definition) is 0. The van der Waals surface area contributed by atoms with Gasteiger partial charge in [-0.2, -0.15) is 4.31 Å². The first kappa shape index (κ1) is 17.4. The van der Waals surface area contributed by atoms with Crippen molar-refractivity contribution in [2.45, 2.75) is 37.8 Å². The second-order valence-corrected chi connectivity index (χ2v) is 15.3. The second kappa shape index (κ2) is 6.46. The average molecular weight is 360 g/mol. The smallest absolute Gasteiger partial charge is 0.212 e. The van der Waals surface area contributed by atoms with Crippen molar-refractivity contribution >= 4 is 18.1 Å². The molecule has 0 amide bonds. The molecule has 0 aliphatic carbocycles. The Morgan fingerprint density at radius 2 is 1.25 bits per heavy atom. The minimum Gasteiger partial charge on any atom is -0.212 e. The van der Waals surface area contributed by atoms with E-state index in [0.29, 0.717) is 0 Å². The molecule has 5 heteroatoms. The summed E-state index contributed by atoms with van der Waals surface area (Å²) < 4.78 is 27.6. The Labute approximate surface area is 146 Å². The Hall–Kier alpha value is -1.43. The highest BCUT2D eigenvalue weighted by atomic mass is 32.2. The summed E-state index contributed by atoms with van der Waals surface area (Å²) in [4.78, 5) is 0. The van der Waals surface area contributed by atoms with E-state index in [1.807, 2.05) is 60.7 Å². The maximum Gasteiger partial charge on any atom is 0.215 e. The van der Waals surface area contributed by atoms with Crippen molar-refractivity contribution in [3.8, 4) is 0 Å². The number of hydrogen-bond acceptors (Lipinski definition) is 2. The summed E-state index contributed by atoms with van der Waals surface area (Å²) in [6.07, 6.45) is 0. The molecule has 3 rings (SSSR count). The molecule has 0 spiro atoms. The lowest BCUT2D eigenvalue weighted by Gasteiger charge is -2.16. The minimum atomic E-state index is -3.25. The molecular weight excluding hydrogens is 334 g/mol. The van der Waals surface area contributed by atoms with Crippen molar-refractivity contribution < 1.29 is 8.42 Å². The normalized spacial score (nSPS) is 23.9. The van der Waals surface area contributed by atoms with E-state index >= 15 is 0 Å². The van der Waals surface area contributed by atoms with Gasteiger partial charge >= 0.3 is 0 Å². The molecule has 2 aromatic carbocycles. The van der Waals surface area contributed by atoms with Gasteiger partial charge in [-0.3, -0.25) is 0 Å². The van der Waals surface area contributed by atoms with Crippen LogP contribution in [0.2, 0.25) is 25.7 Å². The summed E-state index contributed by atoms with van der Waals surface area (Å²) >= 11 is 0. The van der Waals surface area contributed by atoms with Crippen LogP contribution in [0.1, 0.15) is 23.2 Å². The molecule has 1 aliphatic heterocycles. The molecule has 24 heavy (non-hydrogen) atoms. The fourth-order valence-electron chi connectivity index (χ4n) is 3.06. The van der Waals surface area contributed by atoms with Crippen LogP contribution in [-0.4, -0.2) is 26.5 Å². The molecule has 2 atom stereocenters. The van der Waals surface area contributed by atoms with E-state index in [9.17, 15) is 8.42 Å². The SMILES string of the molecule is C[Si](C)(C)CCS(=O)(=O)N1C(c2ccccc2)C1c1ccccc1. The van der Waals surface area contributed by atoms with E-state index in [2.05, 4.69) is 19.6 Å². The lowest BCUT2D eigenvalue weighted by atomic mass is 10.0.